The molecule has 1 saturated heterocycles. The second kappa shape index (κ2) is 5.62. The molecule has 0 bridgehead atoms. The standard InChI is InChI=1S/C16H13ClFN3O2/c1-16(11-3-2-6-19-8-11)14(22)21(15(23)20-16)9-10-7-12(18)4-5-13(10)17/h2-8H,9H2,1H3,(H,20,23)/t16-/m0/s1. The summed E-state index contributed by atoms with van der Waals surface area (Å²) < 4.78 is 13.4. The van der Waals surface area contributed by atoms with Gasteiger partial charge in [0.2, 0.25) is 0 Å². The average molecular weight is 334 g/mol. The van der Waals surface area contributed by atoms with Gasteiger partial charge < -0.3 is 5.32 Å². The second-order valence-electron chi connectivity index (χ2n) is 5.42. The van der Waals surface area contributed by atoms with Crippen molar-refractivity contribution in [3.63, 3.8) is 0 Å². The van der Waals surface area contributed by atoms with Crippen LogP contribution in [0.5, 0.6) is 0 Å². The first-order valence-electron chi connectivity index (χ1n) is 6.90. The van der Waals surface area contributed by atoms with E-state index in [2.05, 4.69) is 10.3 Å². The summed E-state index contributed by atoms with van der Waals surface area (Å²) in [5.74, 6) is -0.915. The van der Waals surface area contributed by atoms with Gasteiger partial charge in [0.1, 0.15) is 11.4 Å². The van der Waals surface area contributed by atoms with Crippen LogP contribution in [0.4, 0.5) is 9.18 Å². The topological polar surface area (TPSA) is 62.3 Å². The highest BCUT2D eigenvalue weighted by Gasteiger charge is 2.49. The quantitative estimate of drug-likeness (QED) is 0.879. The van der Waals surface area contributed by atoms with Crippen molar-refractivity contribution in [2.45, 2.75) is 19.0 Å². The Hall–Kier alpha value is -2.47. The number of imide groups is 1. The number of benzene rings is 1. The third-order valence-corrected chi connectivity index (χ3v) is 4.22. The Kier molecular flexibility index (Phi) is 3.77. The number of amides is 3. The van der Waals surface area contributed by atoms with Crippen molar-refractivity contribution in [1.82, 2.24) is 15.2 Å². The predicted octanol–water partition coefficient (Wildman–Crippen LogP) is 2.84. The van der Waals surface area contributed by atoms with E-state index in [1.807, 2.05) is 0 Å². The van der Waals surface area contributed by atoms with E-state index in [0.29, 0.717) is 16.1 Å². The largest absolute Gasteiger partial charge is 0.325 e. The molecule has 0 spiro atoms. The van der Waals surface area contributed by atoms with Crippen LogP contribution in [0.3, 0.4) is 0 Å². The van der Waals surface area contributed by atoms with Gasteiger partial charge in [-0.25, -0.2) is 9.18 Å². The van der Waals surface area contributed by atoms with E-state index >= 15 is 0 Å². The Morgan fingerprint density at radius 1 is 1.35 bits per heavy atom. The van der Waals surface area contributed by atoms with Gasteiger partial charge in [0.25, 0.3) is 5.91 Å². The first-order valence-corrected chi connectivity index (χ1v) is 7.28. The smallest absolute Gasteiger partial charge is 0.319 e. The predicted molar refractivity (Wildman–Crippen MR) is 82.1 cm³/mol. The van der Waals surface area contributed by atoms with E-state index in [1.54, 1.807) is 25.3 Å². The summed E-state index contributed by atoms with van der Waals surface area (Å²) in [4.78, 5) is 29.9. The molecule has 23 heavy (non-hydrogen) atoms. The average Bonchev–Trinajstić information content (AvgIpc) is 2.76. The zero-order chi connectivity index (χ0) is 16.6. The number of nitrogens with zero attached hydrogens (tertiary/aromatic N) is 2. The second-order valence-corrected chi connectivity index (χ2v) is 5.83. The number of nitrogens with one attached hydrogen (secondary N) is 1. The molecule has 1 aromatic heterocycles. The maximum Gasteiger partial charge on any atom is 0.325 e. The van der Waals surface area contributed by atoms with Gasteiger partial charge in [-0.05, 0) is 36.8 Å². The monoisotopic (exact) mass is 333 g/mol. The van der Waals surface area contributed by atoms with Crippen LogP contribution in [-0.2, 0) is 16.9 Å². The molecule has 5 nitrogen and oxygen atoms in total. The number of pyridine rings is 1. The summed E-state index contributed by atoms with van der Waals surface area (Å²) in [7, 11) is 0. The number of aromatic nitrogens is 1. The lowest BCUT2D eigenvalue weighted by molar-refractivity contribution is -0.131. The Bertz CT molecular complexity index is 784. The van der Waals surface area contributed by atoms with Crippen LogP contribution in [0, 0.1) is 5.82 Å². The fourth-order valence-electron chi connectivity index (χ4n) is 2.53. The number of carbonyl (C=O) groups excluding carboxylic acids is 2. The molecule has 3 rings (SSSR count). The van der Waals surface area contributed by atoms with Crippen LogP contribution in [0.1, 0.15) is 18.1 Å². The summed E-state index contributed by atoms with van der Waals surface area (Å²) in [5.41, 5.74) is -0.262. The molecule has 0 unspecified atom stereocenters. The van der Waals surface area contributed by atoms with Gasteiger partial charge in [-0.3, -0.25) is 14.7 Å². The lowest BCUT2D eigenvalue weighted by atomic mass is 9.93. The van der Waals surface area contributed by atoms with Gasteiger partial charge in [-0.1, -0.05) is 17.7 Å². The van der Waals surface area contributed by atoms with Gasteiger partial charge in [-0.2, -0.15) is 0 Å². The first-order chi connectivity index (χ1) is 10.9. The Morgan fingerprint density at radius 2 is 2.13 bits per heavy atom. The fraction of sp³-hybridized carbons (Fsp3) is 0.188. The summed E-state index contributed by atoms with van der Waals surface area (Å²) in [5, 5.41) is 2.95. The normalized spacial score (nSPS) is 20.7. The SMILES string of the molecule is C[C@@]1(c2cccnc2)NC(=O)N(Cc2cc(F)ccc2Cl)C1=O. The zero-order valence-corrected chi connectivity index (χ0v) is 13.0. The van der Waals surface area contributed by atoms with Gasteiger partial charge in [0.05, 0.1) is 6.54 Å². The highest BCUT2D eigenvalue weighted by Crippen LogP contribution is 2.30. The van der Waals surface area contributed by atoms with Crippen molar-refractivity contribution in [2.75, 3.05) is 0 Å². The number of hydrogen-bond acceptors (Lipinski definition) is 3. The molecule has 1 fully saturated rings. The van der Waals surface area contributed by atoms with Gasteiger partial charge in [-0.15, -0.1) is 0 Å². The van der Waals surface area contributed by atoms with Crippen LogP contribution in [0.15, 0.2) is 42.7 Å². The van der Waals surface area contributed by atoms with Gasteiger partial charge >= 0.3 is 6.03 Å². The third-order valence-electron chi connectivity index (χ3n) is 3.85. The number of carbonyl (C=O) groups is 2. The molecule has 2 heterocycles. The maximum atomic E-state index is 13.4. The van der Waals surface area contributed by atoms with Gasteiger partial charge in [0.15, 0.2) is 0 Å². The van der Waals surface area contributed by atoms with E-state index < -0.39 is 23.3 Å². The number of urea groups is 1. The van der Waals surface area contributed by atoms with Crippen molar-refractivity contribution in [2.24, 2.45) is 0 Å². The van der Waals surface area contributed by atoms with E-state index in [4.69, 9.17) is 11.6 Å². The summed E-state index contributed by atoms with van der Waals surface area (Å²) in [6, 6.07) is 6.67. The van der Waals surface area contributed by atoms with E-state index in [9.17, 15) is 14.0 Å². The Labute approximate surface area is 137 Å². The summed E-state index contributed by atoms with van der Waals surface area (Å²) >= 11 is 6.01. The third kappa shape index (κ3) is 2.66. The minimum atomic E-state index is -1.20. The lowest BCUT2D eigenvalue weighted by Crippen LogP contribution is -2.40. The number of rotatable bonds is 3. The number of halogens is 2. The van der Waals surface area contributed by atoms with Crippen molar-refractivity contribution >= 4 is 23.5 Å². The molecule has 1 aliphatic rings. The fourth-order valence-corrected chi connectivity index (χ4v) is 2.71. The molecule has 1 aromatic carbocycles. The van der Waals surface area contributed by atoms with Gasteiger partial charge in [0, 0.05) is 23.0 Å². The highest BCUT2D eigenvalue weighted by molar-refractivity contribution is 6.31. The molecule has 118 valence electrons. The molecule has 0 saturated carbocycles. The highest BCUT2D eigenvalue weighted by atomic mass is 35.5. The maximum absolute atomic E-state index is 13.4. The molecule has 1 aliphatic heterocycles. The molecular weight excluding hydrogens is 321 g/mol. The Balaban J connectivity index is 1.92. The molecule has 2 aromatic rings. The minimum Gasteiger partial charge on any atom is -0.319 e. The Morgan fingerprint density at radius 3 is 2.83 bits per heavy atom. The van der Waals surface area contributed by atoms with Crippen molar-refractivity contribution in [3.8, 4) is 0 Å². The molecule has 0 aliphatic carbocycles. The van der Waals surface area contributed by atoms with Crippen LogP contribution in [-0.4, -0.2) is 21.8 Å². The van der Waals surface area contributed by atoms with Crippen molar-refractivity contribution in [1.29, 1.82) is 0 Å². The van der Waals surface area contributed by atoms with E-state index in [1.165, 1.54) is 24.4 Å². The molecule has 1 atom stereocenters. The molecular formula is C16H13ClFN3O2. The molecule has 1 N–H and O–H groups in total. The number of hydrogen-bond donors (Lipinski definition) is 1. The van der Waals surface area contributed by atoms with Crippen molar-refractivity contribution in [3.05, 3.63) is 64.7 Å². The summed E-state index contributed by atoms with van der Waals surface area (Å²) in [6.45, 7) is 1.51. The lowest BCUT2D eigenvalue weighted by Gasteiger charge is -2.21. The van der Waals surface area contributed by atoms with Crippen LogP contribution in [0.25, 0.3) is 0 Å². The van der Waals surface area contributed by atoms with Crippen LogP contribution < -0.4 is 5.32 Å². The van der Waals surface area contributed by atoms with Crippen molar-refractivity contribution < 1.29 is 14.0 Å². The first kappa shape index (κ1) is 15.4. The van der Waals surface area contributed by atoms with E-state index in [-0.39, 0.29) is 6.54 Å². The van der Waals surface area contributed by atoms with Crippen LogP contribution in [0.2, 0.25) is 5.02 Å². The molecule has 3 amide bonds. The molecule has 0 radical (unpaired) electrons. The summed E-state index contributed by atoms with van der Waals surface area (Å²) in [6.07, 6.45) is 3.11. The zero-order valence-electron chi connectivity index (χ0n) is 12.2. The minimum absolute atomic E-state index is 0.100. The molecule has 7 heteroatoms. The van der Waals surface area contributed by atoms with E-state index in [0.717, 1.165) is 4.90 Å². The van der Waals surface area contributed by atoms with Crippen LogP contribution >= 0.6 is 11.6 Å².